The second-order valence-corrected chi connectivity index (χ2v) is 2.42. The summed E-state index contributed by atoms with van der Waals surface area (Å²) >= 11 is 0. The van der Waals surface area contributed by atoms with Gasteiger partial charge in [-0.3, -0.25) is 0 Å². The lowest BCUT2D eigenvalue weighted by Crippen LogP contribution is -1.94. The monoisotopic (exact) mass is 147 g/mol. The molecule has 0 N–H and O–H groups in total. The molecule has 0 spiro atoms. The molecular weight excluding hydrogens is 132 g/mol. The second-order valence-electron chi connectivity index (χ2n) is 2.42. The molecule has 0 heterocycles. The fourth-order valence-electron chi connectivity index (χ4n) is 0.815. The topological polar surface area (TPSA) is 0 Å². The molecule has 1 unspecified atom stereocenters. The highest BCUT2D eigenvalue weighted by Crippen LogP contribution is 2.07. The minimum absolute atomic E-state index is 0.319. The average Bonchev–Trinajstić information content (AvgIpc) is 2.03. The van der Waals surface area contributed by atoms with E-state index in [0.29, 0.717) is 5.92 Å². The molecule has 1 radical (unpaired) electrons. The third-order valence-corrected chi connectivity index (χ3v) is 1.41. The van der Waals surface area contributed by atoms with E-state index in [2.05, 4.69) is 24.2 Å². The van der Waals surface area contributed by atoms with Gasteiger partial charge in [0.25, 0.3) is 0 Å². The quantitative estimate of drug-likeness (QED) is 0.538. The van der Waals surface area contributed by atoms with E-state index < -0.39 is 0 Å². The summed E-state index contributed by atoms with van der Waals surface area (Å²) in [5.74, 6) is 9.12. The van der Waals surface area contributed by atoms with Crippen LogP contribution < -0.4 is 0 Å². The molecule has 0 aliphatic carbocycles. The first kappa shape index (κ1) is 10.1. The lowest BCUT2D eigenvalue weighted by atomic mass is 10.0. The maximum absolute atomic E-state index is 5.30. The molecule has 0 aromatic rings. The van der Waals surface area contributed by atoms with Crippen LogP contribution in [0.4, 0.5) is 0 Å². The Morgan fingerprint density at radius 1 is 1.45 bits per heavy atom. The van der Waals surface area contributed by atoms with Gasteiger partial charge in [-0.1, -0.05) is 13.8 Å². The van der Waals surface area contributed by atoms with Gasteiger partial charge in [-0.05, 0) is 12.8 Å². The Morgan fingerprint density at radius 2 is 2.18 bits per heavy atom. The Labute approximate surface area is 70.4 Å². The molecule has 1 atom stereocenters. The van der Waals surface area contributed by atoms with E-state index in [1.165, 1.54) is 0 Å². The van der Waals surface area contributed by atoms with E-state index in [4.69, 9.17) is 6.42 Å². The number of hydrogen-bond acceptors (Lipinski definition) is 0. The van der Waals surface area contributed by atoms with Gasteiger partial charge in [-0.25, -0.2) is 0 Å². The summed E-state index contributed by atoms with van der Waals surface area (Å²) in [4.78, 5) is 0. The first-order valence-electron chi connectivity index (χ1n) is 4.04. The molecule has 0 saturated carbocycles. The van der Waals surface area contributed by atoms with Gasteiger partial charge in [0, 0.05) is 18.8 Å². The van der Waals surface area contributed by atoms with Gasteiger partial charge in [0.1, 0.15) is 0 Å². The summed E-state index contributed by atoms with van der Waals surface area (Å²) in [6, 6.07) is 0. The summed E-state index contributed by atoms with van der Waals surface area (Å²) in [7, 11) is 0. The van der Waals surface area contributed by atoms with Crippen LogP contribution in [-0.4, -0.2) is 0 Å². The van der Waals surface area contributed by atoms with Crippen LogP contribution in [0.3, 0.4) is 0 Å². The van der Waals surface area contributed by atoms with Crippen molar-refractivity contribution in [2.24, 2.45) is 5.92 Å². The predicted molar refractivity (Wildman–Crippen MR) is 49.6 cm³/mol. The molecular formula is C11H15. The highest BCUT2D eigenvalue weighted by atomic mass is 14.0. The minimum Gasteiger partial charge on any atom is -0.120 e. The first-order chi connectivity index (χ1) is 5.35. The first-order valence-corrected chi connectivity index (χ1v) is 4.04. The van der Waals surface area contributed by atoms with Crippen molar-refractivity contribution < 1.29 is 0 Å². The standard InChI is InChI=1S/C11H15/c1-4-7-8-10-11(6-3)9-5-2/h3,5,11H,4,9-10H2,1-2H3. The Kier molecular flexibility index (Phi) is 6.65. The van der Waals surface area contributed by atoms with E-state index in [9.17, 15) is 0 Å². The van der Waals surface area contributed by atoms with Gasteiger partial charge in [-0.15, -0.1) is 24.2 Å². The zero-order valence-electron chi connectivity index (χ0n) is 7.35. The van der Waals surface area contributed by atoms with Crippen molar-refractivity contribution in [2.75, 3.05) is 0 Å². The van der Waals surface area contributed by atoms with Gasteiger partial charge in [0.15, 0.2) is 0 Å². The van der Waals surface area contributed by atoms with Crippen LogP contribution in [0.5, 0.6) is 0 Å². The summed E-state index contributed by atoms with van der Waals surface area (Å²) in [6.45, 7) is 4.07. The Balaban J connectivity index is 3.62. The van der Waals surface area contributed by atoms with E-state index in [0.717, 1.165) is 19.3 Å². The van der Waals surface area contributed by atoms with Crippen LogP contribution >= 0.6 is 0 Å². The fourth-order valence-corrected chi connectivity index (χ4v) is 0.815. The highest BCUT2D eigenvalue weighted by Gasteiger charge is 1.99. The van der Waals surface area contributed by atoms with Crippen LogP contribution in [0.1, 0.15) is 33.1 Å². The molecule has 0 fully saturated rings. The predicted octanol–water partition coefficient (Wildman–Crippen LogP) is 2.65. The maximum atomic E-state index is 5.30. The second kappa shape index (κ2) is 7.23. The summed E-state index contributed by atoms with van der Waals surface area (Å²) in [5.41, 5.74) is 0. The third kappa shape index (κ3) is 5.56. The van der Waals surface area contributed by atoms with Crippen molar-refractivity contribution in [3.8, 4) is 24.2 Å². The van der Waals surface area contributed by atoms with Gasteiger partial charge < -0.3 is 0 Å². The zero-order chi connectivity index (χ0) is 8.53. The van der Waals surface area contributed by atoms with Gasteiger partial charge in [0.05, 0.1) is 0 Å². The number of terminal acetylenes is 1. The molecule has 0 bridgehead atoms. The SMILES string of the molecule is C#CC(CC#CCC)C[CH]C. The molecule has 0 rings (SSSR count). The maximum Gasteiger partial charge on any atom is 0.0312 e. The molecule has 0 aromatic carbocycles. The Bertz CT molecular complexity index is 172. The van der Waals surface area contributed by atoms with E-state index in [1.54, 1.807) is 0 Å². The van der Waals surface area contributed by atoms with Gasteiger partial charge >= 0.3 is 0 Å². The van der Waals surface area contributed by atoms with Crippen molar-refractivity contribution in [2.45, 2.75) is 33.1 Å². The third-order valence-electron chi connectivity index (χ3n) is 1.41. The molecule has 0 saturated heterocycles. The lowest BCUT2D eigenvalue weighted by molar-refractivity contribution is 0.685. The van der Waals surface area contributed by atoms with Crippen LogP contribution in [0.2, 0.25) is 0 Å². The smallest absolute Gasteiger partial charge is 0.0312 e. The molecule has 0 heteroatoms. The molecule has 0 aromatic heterocycles. The Hall–Kier alpha value is -0.880. The molecule has 11 heavy (non-hydrogen) atoms. The van der Waals surface area contributed by atoms with Crippen LogP contribution in [0, 0.1) is 36.5 Å². The van der Waals surface area contributed by atoms with Crippen molar-refractivity contribution in [1.82, 2.24) is 0 Å². The molecule has 0 nitrogen and oxygen atoms in total. The zero-order valence-corrected chi connectivity index (χ0v) is 7.35. The minimum atomic E-state index is 0.319. The van der Waals surface area contributed by atoms with Crippen molar-refractivity contribution >= 4 is 0 Å². The van der Waals surface area contributed by atoms with E-state index in [1.807, 2.05) is 13.8 Å². The number of rotatable bonds is 3. The Morgan fingerprint density at radius 3 is 2.64 bits per heavy atom. The summed E-state index contributed by atoms with van der Waals surface area (Å²) in [6.07, 6.45) is 10.1. The van der Waals surface area contributed by atoms with Crippen LogP contribution in [-0.2, 0) is 0 Å². The number of hydrogen-bond donors (Lipinski definition) is 0. The average molecular weight is 147 g/mol. The molecule has 59 valence electrons. The highest BCUT2D eigenvalue weighted by molar-refractivity contribution is 5.05. The normalized spacial score (nSPS) is 11.0. The van der Waals surface area contributed by atoms with Gasteiger partial charge in [-0.2, -0.15) is 0 Å². The van der Waals surface area contributed by atoms with E-state index in [-0.39, 0.29) is 0 Å². The van der Waals surface area contributed by atoms with Crippen LogP contribution in [0.25, 0.3) is 0 Å². The largest absolute Gasteiger partial charge is 0.120 e. The molecule has 0 amide bonds. The van der Waals surface area contributed by atoms with Gasteiger partial charge in [0.2, 0.25) is 0 Å². The molecule has 0 aliphatic rings. The summed E-state index contributed by atoms with van der Waals surface area (Å²) < 4.78 is 0. The van der Waals surface area contributed by atoms with Crippen molar-refractivity contribution in [1.29, 1.82) is 0 Å². The van der Waals surface area contributed by atoms with Crippen molar-refractivity contribution in [3.63, 3.8) is 0 Å². The fraction of sp³-hybridized carbons (Fsp3) is 0.545. The lowest BCUT2D eigenvalue weighted by Gasteiger charge is -2.01. The molecule has 0 aliphatic heterocycles. The summed E-state index contributed by atoms with van der Waals surface area (Å²) in [5, 5.41) is 0. The van der Waals surface area contributed by atoms with Crippen molar-refractivity contribution in [3.05, 3.63) is 6.42 Å². The van der Waals surface area contributed by atoms with Crippen LogP contribution in [0.15, 0.2) is 0 Å². The van der Waals surface area contributed by atoms with E-state index >= 15 is 0 Å².